The Balaban J connectivity index is 1.40. The SMILES string of the molecule is Cc1noc(C)c1CC(=O)N1CC[C@@]2(C1)NCc1ccccc1NC2=NC1CCCC1. The average molecular weight is 422 g/mol. The summed E-state index contributed by atoms with van der Waals surface area (Å²) in [4.78, 5) is 20.3. The van der Waals surface area contributed by atoms with E-state index >= 15 is 0 Å². The second-order valence-electron chi connectivity index (χ2n) is 9.18. The van der Waals surface area contributed by atoms with Crippen LogP contribution < -0.4 is 10.6 Å². The first kappa shape index (κ1) is 20.2. The Kier molecular flexibility index (Phi) is 5.30. The molecule has 1 aromatic heterocycles. The molecular formula is C24H31N5O2. The Morgan fingerprint density at radius 3 is 2.87 bits per heavy atom. The number of nitrogens with zero attached hydrogens (tertiary/aromatic N) is 3. The van der Waals surface area contributed by atoms with E-state index < -0.39 is 0 Å². The molecule has 1 aliphatic carbocycles. The van der Waals surface area contributed by atoms with E-state index in [0.29, 0.717) is 19.0 Å². The van der Waals surface area contributed by atoms with Crippen molar-refractivity contribution in [1.82, 2.24) is 15.4 Å². The van der Waals surface area contributed by atoms with Gasteiger partial charge in [-0.2, -0.15) is 0 Å². The number of aliphatic imine (C=N–C) groups is 1. The van der Waals surface area contributed by atoms with Crippen molar-refractivity contribution in [3.63, 3.8) is 0 Å². The molecule has 0 radical (unpaired) electrons. The van der Waals surface area contributed by atoms with E-state index in [0.717, 1.165) is 60.9 Å². The van der Waals surface area contributed by atoms with Crippen molar-refractivity contribution in [1.29, 1.82) is 0 Å². The zero-order valence-electron chi connectivity index (χ0n) is 18.4. The lowest BCUT2D eigenvalue weighted by atomic mass is 9.96. The number of hydrogen-bond acceptors (Lipinski definition) is 5. The Labute approximate surface area is 183 Å². The molecular weight excluding hydrogens is 390 g/mol. The van der Waals surface area contributed by atoms with E-state index in [2.05, 4.69) is 40.1 Å². The van der Waals surface area contributed by atoms with Crippen LogP contribution in [-0.4, -0.2) is 46.5 Å². The molecule has 1 saturated carbocycles. The zero-order chi connectivity index (χ0) is 21.4. The van der Waals surface area contributed by atoms with E-state index in [1.54, 1.807) is 0 Å². The molecule has 164 valence electrons. The molecule has 1 saturated heterocycles. The molecule has 5 rings (SSSR count). The van der Waals surface area contributed by atoms with Crippen LogP contribution in [0.2, 0.25) is 0 Å². The summed E-state index contributed by atoms with van der Waals surface area (Å²) in [5.74, 6) is 1.85. The van der Waals surface area contributed by atoms with Crippen LogP contribution in [0.15, 0.2) is 33.8 Å². The first-order chi connectivity index (χ1) is 15.0. The smallest absolute Gasteiger partial charge is 0.227 e. The highest BCUT2D eigenvalue weighted by atomic mass is 16.5. The third-order valence-corrected chi connectivity index (χ3v) is 7.11. The van der Waals surface area contributed by atoms with Crippen LogP contribution in [0, 0.1) is 13.8 Å². The van der Waals surface area contributed by atoms with Crippen molar-refractivity contribution < 1.29 is 9.32 Å². The molecule has 1 aromatic carbocycles. The van der Waals surface area contributed by atoms with Crippen molar-refractivity contribution in [2.45, 2.75) is 70.5 Å². The highest BCUT2D eigenvalue weighted by Gasteiger charge is 2.45. The Morgan fingerprint density at radius 1 is 1.29 bits per heavy atom. The largest absolute Gasteiger partial charge is 0.361 e. The fourth-order valence-corrected chi connectivity index (χ4v) is 5.14. The van der Waals surface area contributed by atoms with Gasteiger partial charge < -0.3 is 14.7 Å². The van der Waals surface area contributed by atoms with Crippen LogP contribution in [0.3, 0.4) is 0 Å². The summed E-state index contributed by atoms with van der Waals surface area (Å²) in [5, 5.41) is 11.4. The van der Waals surface area contributed by atoms with E-state index in [1.165, 1.54) is 18.4 Å². The number of para-hydroxylation sites is 1. The molecule has 0 unspecified atom stereocenters. The van der Waals surface area contributed by atoms with Gasteiger partial charge in [0.15, 0.2) is 0 Å². The van der Waals surface area contributed by atoms with Crippen LogP contribution in [0.1, 0.15) is 54.7 Å². The standard InChI is InChI=1S/C24H31N5O2/c1-16-20(17(2)31-28-16)13-22(30)29-12-11-24(15-29)23(26-19-8-4-5-9-19)27-21-10-6-3-7-18(21)14-25-24/h3,6-7,10,19,25H,4-5,8-9,11-15H2,1-2H3,(H,26,27)/t24-/m0/s1. The first-order valence-electron chi connectivity index (χ1n) is 11.4. The Bertz CT molecular complexity index is 988. The van der Waals surface area contributed by atoms with Crippen molar-refractivity contribution >= 4 is 17.4 Å². The number of nitrogens with one attached hydrogen (secondary N) is 2. The fraction of sp³-hybridized carbons (Fsp3) is 0.542. The molecule has 2 aromatic rings. The van der Waals surface area contributed by atoms with E-state index in [-0.39, 0.29) is 11.4 Å². The second-order valence-corrected chi connectivity index (χ2v) is 9.18. The molecule has 1 atom stereocenters. The molecule has 7 nitrogen and oxygen atoms in total. The molecule has 1 amide bonds. The number of amidine groups is 1. The number of likely N-dealkylation sites (tertiary alicyclic amines) is 1. The molecule has 3 heterocycles. The van der Waals surface area contributed by atoms with Crippen LogP contribution in [0.5, 0.6) is 0 Å². The topological polar surface area (TPSA) is 82.8 Å². The van der Waals surface area contributed by atoms with E-state index in [1.807, 2.05) is 18.7 Å². The predicted octanol–water partition coefficient (Wildman–Crippen LogP) is 3.36. The first-order valence-corrected chi connectivity index (χ1v) is 11.4. The average Bonchev–Trinajstić information content (AvgIpc) is 3.48. The molecule has 2 aliphatic heterocycles. The summed E-state index contributed by atoms with van der Waals surface area (Å²) < 4.78 is 5.25. The number of aryl methyl sites for hydroxylation is 2. The maximum absolute atomic E-state index is 13.2. The minimum Gasteiger partial charge on any atom is -0.361 e. The van der Waals surface area contributed by atoms with Gasteiger partial charge in [0.2, 0.25) is 5.91 Å². The summed E-state index contributed by atoms with van der Waals surface area (Å²) >= 11 is 0. The number of carbonyl (C=O) groups excluding carboxylic acids is 1. The molecule has 3 aliphatic rings. The van der Waals surface area contributed by atoms with Crippen LogP contribution in [0.4, 0.5) is 5.69 Å². The van der Waals surface area contributed by atoms with Crippen molar-refractivity contribution in [2.75, 3.05) is 18.4 Å². The second kappa shape index (κ2) is 8.11. The van der Waals surface area contributed by atoms with Crippen molar-refractivity contribution in [3.05, 3.63) is 46.8 Å². The van der Waals surface area contributed by atoms with Gasteiger partial charge in [-0.05, 0) is 44.7 Å². The van der Waals surface area contributed by atoms with E-state index in [9.17, 15) is 4.79 Å². The lowest BCUT2D eigenvalue weighted by Crippen LogP contribution is -2.55. The van der Waals surface area contributed by atoms with Gasteiger partial charge in [0.05, 0.1) is 23.7 Å². The quantitative estimate of drug-likeness (QED) is 0.794. The Hall–Kier alpha value is -2.67. The highest BCUT2D eigenvalue weighted by Crippen LogP contribution is 2.32. The van der Waals surface area contributed by atoms with Gasteiger partial charge in [-0.1, -0.05) is 36.2 Å². The summed E-state index contributed by atoms with van der Waals surface area (Å²) in [6, 6.07) is 8.78. The van der Waals surface area contributed by atoms with Crippen LogP contribution in [0.25, 0.3) is 0 Å². The number of rotatable bonds is 3. The third-order valence-electron chi connectivity index (χ3n) is 7.11. The van der Waals surface area contributed by atoms with Gasteiger partial charge in [0.1, 0.15) is 11.6 Å². The molecule has 2 fully saturated rings. The number of amides is 1. The number of carbonyl (C=O) groups is 1. The summed E-state index contributed by atoms with van der Waals surface area (Å²) in [7, 11) is 0. The summed E-state index contributed by atoms with van der Waals surface area (Å²) in [6.45, 7) is 5.87. The highest BCUT2D eigenvalue weighted by molar-refractivity contribution is 6.04. The van der Waals surface area contributed by atoms with Crippen molar-refractivity contribution in [3.8, 4) is 0 Å². The maximum Gasteiger partial charge on any atom is 0.227 e. The third kappa shape index (κ3) is 3.87. The molecule has 31 heavy (non-hydrogen) atoms. The normalized spacial score (nSPS) is 25.1. The van der Waals surface area contributed by atoms with Gasteiger partial charge in [-0.15, -0.1) is 0 Å². The maximum atomic E-state index is 13.2. The van der Waals surface area contributed by atoms with Crippen LogP contribution in [-0.2, 0) is 17.8 Å². The minimum absolute atomic E-state index is 0.120. The van der Waals surface area contributed by atoms with Crippen LogP contribution >= 0.6 is 0 Å². The fourth-order valence-electron chi connectivity index (χ4n) is 5.14. The predicted molar refractivity (Wildman–Crippen MR) is 120 cm³/mol. The minimum atomic E-state index is -0.337. The molecule has 7 heteroatoms. The molecule has 1 spiro atoms. The monoisotopic (exact) mass is 421 g/mol. The molecule has 0 bridgehead atoms. The van der Waals surface area contributed by atoms with Gasteiger partial charge >= 0.3 is 0 Å². The van der Waals surface area contributed by atoms with Gasteiger partial charge in [-0.3, -0.25) is 15.1 Å². The van der Waals surface area contributed by atoms with E-state index in [4.69, 9.17) is 9.52 Å². The summed E-state index contributed by atoms with van der Waals surface area (Å²) in [5.41, 5.74) is 3.72. The molecule has 2 N–H and O–H groups in total. The number of anilines is 1. The summed E-state index contributed by atoms with van der Waals surface area (Å²) in [6.07, 6.45) is 5.99. The number of aromatic nitrogens is 1. The number of hydrogen-bond donors (Lipinski definition) is 2. The lowest BCUT2D eigenvalue weighted by Gasteiger charge is -2.31. The Morgan fingerprint density at radius 2 is 2.10 bits per heavy atom. The van der Waals surface area contributed by atoms with Crippen molar-refractivity contribution in [2.24, 2.45) is 4.99 Å². The van der Waals surface area contributed by atoms with Gasteiger partial charge in [0, 0.05) is 30.9 Å². The van der Waals surface area contributed by atoms with Gasteiger partial charge in [0.25, 0.3) is 0 Å². The van der Waals surface area contributed by atoms with Gasteiger partial charge in [-0.25, -0.2) is 0 Å². The zero-order valence-corrected chi connectivity index (χ0v) is 18.4. The number of benzene rings is 1. The number of fused-ring (bicyclic) bond motifs is 1. The lowest BCUT2D eigenvalue weighted by molar-refractivity contribution is -0.129.